The highest BCUT2D eigenvalue weighted by Crippen LogP contribution is 2.27. The molecule has 0 bridgehead atoms. The zero-order valence-corrected chi connectivity index (χ0v) is 13.7. The van der Waals surface area contributed by atoms with Crippen molar-refractivity contribution >= 4 is 24.3 Å². The molecule has 0 spiro atoms. The highest BCUT2D eigenvalue weighted by molar-refractivity contribution is 5.85. The van der Waals surface area contributed by atoms with Gasteiger partial charge in [0.25, 0.3) is 0 Å². The van der Waals surface area contributed by atoms with Crippen LogP contribution in [0, 0.1) is 0 Å². The van der Waals surface area contributed by atoms with Gasteiger partial charge >= 0.3 is 5.97 Å². The monoisotopic (exact) mass is 330 g/mol. The van der Waals surface area contributed by atoms with Gasteiger partial charge < -0.3 is 15.4 Å². The number of ether oxygens (including phenoxy) is 1. The predicted molar refractivity (Wildman–Crippen MR) is 83.8 cm³/mol. The number of halogens is 1. The van der Waals surface area contributed by atoms with Crippen LogP contribution in [-0.4, -0.2) is 47.9 Å². The van der Waals surface area contributed by atoms with Crippen LogP contribution in [0.5, 0.6) is 0 Å². The molecule has 0 radical (unpaired) electrons. The van der Waals surface area contributed by atoms with E-state index in [-0.39, 0.29) is 36.7 Å². The number of piperidine rings is 1. The van der Waals surface area contributed by atoms with Crippen molar-refractivity contribution in [1.29, 1.82) is 0 Å². The lowest BCUT2D eigenvalue weighted by atomic mass is 9.87. The number of methoxy groups -OCH3 is 1. The zero-order chi connectivity index (χ0) is 15.3. The first kappa shape index (κ1) is 18.4. The Morgan fingerprint density at radius 2 is 2.14 bits per heavy atom. The standard InChI is InChI=1S/C14H22N4O3.ClH/c1-11(10-12(19)21-2)17-13(20)14(4-7-15-8-5-14)18-9-3-6-16-18;/h3,6,9,11,15H,4-5,7-8,10H2,1-2H3,(H,17,20);1H. The first-order chi connectivity index (χ1) is 10.1. The Labute approximate surface area is 136 Å². The van der Waals surface area contributed by atoms with Crippen molar-refractivity contribution in [2.75, 3.05) is 20.2 Å². The summed E-state index contributed by atoms with van der Waals surface area (Å²) >= 11 is 0. The lowest BCUT2D eigenvalue weighted by Gasteiger charge is -2.37. The predicted octanol–water partition coefficient (Wildman–Crippen LogP) is 0.451. The van der Waals surface area contributed by atoms with Crippen molar-refractivity contribution in [2.45, 2.75) is 37.8 Å². The average molecular weight is 331 g/mol. The van der Waals surface area contributed by atoms with Crippen molar-refractivity contribution in [3.8, 4) is 0 Å². The Morgan fingerprint density at radius 3 is 2.68 bits per heavy atom. The smallest absolute Gasteiger partial charge is 0.307 e. The molecule has 1 amide bonds. The molecule has 1 fully saturated rings. The molecule has 1 atom stereocenters. The van der Waals surface area contributed by atoms with E-state index in [4.69, 9.17) is 0 Å². The third-order valence-electron chi connectivity index (χ3n) is 3.87. The largest absolute Gasteiger partial charge is 0.469 e. The molecule has 1 aliphatic heterocycles. The lowest BCUT2D eigenvalue weighted by molar-refractivity contribution is -0.141. The molecule has 0 saturated carbocycles. The molecule has 8 heteroatoms. The number of nitrogens with one attached hydrogen (secondary N) is 2. The van der Waals surface area contributed by atoms with Crippen LogP contribution in [-0.2, 0) is 19.9 Å². The Hall–Kier alpha value is -1.60. The van der Waals surface area contributed by atoms with Crippen molar-refractivity contribution in [3.05, 3.63) is 18.5 Å². The summed E-state index contributed by atoms with van der Waals surface area (Å²) in [5.74, 6) is -0.426. The van der Waals surface area contributed by atoms with Gasteiger partial charge in [0.15, 0.2) is 0 Å². The zero-order valence-electron chi connectivity index (χ0n) is 12.9. The maximum atomic E-state index is 12.7. The van der Waals surface area contributed by atoms with Crippen LogP contribution >= 0.6 is 12.4 Å². The van der Waals surface area contributed by atoms with E-state index in [0.717, 1.165) is 13.1 Å². The van der Waals surface area contributed by atoms with Crippen LogP contribution in [0.1, 0.15) is 26.2 Å². The summed E-state index contributed by atoms with van der Waals surface area (Å²) in [6, 6.07) is 1.54. The second-order valence-electron chi connectivity index (χ2n) is 5.39. The molecule has 1 aliphatic rings. The minimum Gasteiger partial charge on any atom is -0.469 e. The van der Waals surface area contributed by atoms with Crippen LogP contribution in [0.2, 0.25) is 0 Å². The molecular formula is C14H23ClN4O3. The van der Waals surface area contributed by atoms with Crippen molar-refractivity contribution in [2.24, 2.45) is 0 Å². The first-order valence-corrected chi connectivity index (χ1v) is 7.17. The maximum absolute atomic E-state index is 12.7. The Kier molecular flexibility index (Phi) is 6.83. The van der Waals surface area contributed by atoms with E-state index in [1.807, 2.05) is 12.3 Å². The van der Waals surface area contributed by atoms with Crippen LogP contribution in [0.4, 0.5) is 0 Å². The Balaban J connectivity index is 0.00000242. The van der Waals surface area contributed by atoms with E-state index in [1.165, 1.54) is 7.11 Å². The topological polar surface area (TPSA) is 85.2 Å². The summed E-state index contributed by atoms with van der Waals surface area (Å²) in [4.78, 5) is 24.0. The van der Waals surface area contributed by atoms with Gasteiger partial charge in [0.1, 0.15) is 5.54 Å². The van der Waals surface area contributed by atoms with E-state index in [0.29, 0.717) is 12.8 Å². The third-order valence-corrected chi connectivity index (χ3v) is 3.87. The van der Waals surface area contributed by atoms with E-state index < -0.39 is 5.54 Å². The number of rotatable bonds is 5. The highest BCUT2D eigenvalue weighted by Gasteiger charge is 2.42. The number of carbonyl (C=O) groups is 2. The molecule has 2 heterocycles. The summed E-state index contributed by atoms with van der Waals surface area (Å²) in [5, 5.41) is 10.4. The van der Waals surface area contributed by atoms with E-state index in [2.05, 4.69) is 20.5 Å². The number of aromatic nitrogens is 2. The quantitative estimate of drug-likeness (QED) is 0.766. The molecule has 1 aromatic rings. The Bertz CT molecular complexity index is 486. The fourth-order valence-corrected chi connectivity index (χ4v) is 2.67. The number of esters is 1. The molecule has 1 unspecified atom stereocenters. The van der Waals surface area contributed by atoms with Crippen LogP contribution in [0.15, 0.2) is 18.5 Å². The second-order valence-corrected chi connectivity index (χ2v) is 5.39. The van der Waals surface area contributed by atoms with Crippen LogP contribution < -0.4 is 10.6 Å². The molecule has 2 rings (SSSR count). The molecule has 0 aromatic carbocycles. The summed E-state index contributed by atoms with van der Waals surface area (Å²) < 4.78 is 6.36. The minimum absolute atomic E-state index is 0. The molecule has 22 heavy (non-hydrogen) atoms. The van der Waals surface area contributed by atoms with Crippen LogP contribution in [0.25, 0.3) is 0 Å². The van der Waals surface area contributed by atoms with Crippen molar-refractivity contribution in [3.63, 3.8) is 0 Å². The van der Waals surface area contributed by atoms with Gasteiger partial charge in [-0.1, -0.05) is 0 Å². The van der Waals surface area contributed by atoms with Gasteiger partial charge in [-0.25, -0.2) is 0 Å². The molecule has 2 N–H and O–H groups in total. The van der Waals surface area contributed by atoms with Crippen molar-refractivity contribution < 1.29 is 14.3 Å². The van der Waals surface area contributed by atoms with Gasteiger partial charge in [0.2, 0.25) is 5.91 Å². The highest BCUT2D eigenvalue weighted by atomic mass is 35.5. The van der Waals surface area contributed by atoms with E-state index in [1.54, 1.807) is 17.8 Å². The van der Waals surface area contributed by atoms with Gasteiger partial charge in [0, 0.05) is 18.4 Å². The normalized spacial score (nSPS) is 17.9. The van der Waals surface area contributed by atoms with Gasteiger partial charge in [-0.05, 0) is 38.9 Å². The molecule has 1 saturated heterocycles. The number of hydrogen-bond acceptors (Lipinski definition) is 5. The third kappa shape index (κ3) is 3.98. The average Bonchev–Trinajstić information content (AvgIpc) is 3.02. The van der Waals surface area contributed by atoms with Gasteiger partial charge in [-0.3, -0.25) is 14.3 Å². The fraction of sp³-hybridized carbons (Fsp3) is 0.643. The van der Waals surface area contributed by atoms with Gasteiger partial charge in [-0.15, -0.1) is 12.4 Å². The molecule has 124 valence electrons. The maximum Gasteiger partial charge on any atom is 0.307 e. The molecule has 0 aliphatic carbocycles. The molecular weight excluding hydrogens is 308 g/mol. The lowest BCUT2D eigenvalue weighted by Crippen LogP contribution is -2.56. The fourth-order valence-electron chi connectivity index (χ4n) is 2.67. The number of amides is 1. The number of nitrogens with zero attached hydrogens (tertiary/aromatic N) is 2. The second kappa shape index (κ2) is 8.14. The first-order valence-electron chi connectivity index (χ1n) is 7.17. The number of hydrogen-bond donors (Lipinski definition) is 2. The van der Waals surface area contributed by atoms with Gasteiger partial charge in [0.05, 0.1) is 13.5 Å². The number of carbonyl (C=O) groups excluding carboxylic acids is 2. The van der Waals surface area contributed by atoms with Gasteiger partial charge in [-0.2, -0.15) is 5.10 Å². The summed E-state index contributed by atoms with van der Waals surface area (Å²) in [6.45, 7) is 3.32. The van der Waals surface area contributed by atoms with Crippen molar-refractivity contribution in [1.82, 2.24) is 20.4 Å². The molecule has 1 aromatic heterocycles. The summed E-state index contributed by atoms with van der Waals surface area (Å²) in [7, 11) is 1.34. The minimum atomic E-state index is -0.681. The Morgan fingerprint density at radius 1 is 1.45 bits per heavy atom. The van der Waals surface area contributed by atoms with E-state index >= 15 is 0 Å². The summed E-state index contributed by atoms with van der Waals surface area (Å²) in [6.07, 6.45) is 5.00. The summed E-state index contributed by atoms with van der Waals surface area (Å²) in [5.41, 5.74) is -0.681. The molecule has 7 nitrogen and oxygen atoms in total. The SMILES string of the molecule is COC(=O)CC(C)NC(=O)C1(n2cccn2)CCNCC1.Cl. The van der Waals surface area contributed by atoms with E-state index in [9.17, 15) is 9.59 Å². The van der Waals surface area contributed by atoms with Crippen LogP contribution in [0.3, 0.4) is 0 Å².